The number of phosphoric acid groups is 1. The highest BCUT2D eigenvalue weighted by Gasteiger charge is 2.74. The van der Waals surface area contributed by atoms with Crippen LogP contribution in [0, 0.1) is 22.7 Å². The summed E-state index contributed by atoms with van der Waals surface area (Å²) in [5, 5.41) is 22.5. The molecule has 0 bridgehead atoms. The molecular formula is C21H28FO8P. The third-order valence-corrected chi connectivity index (χ3v) is 9.08. The zero-order valence-corrected chi connectivity index (χ0v) is 18.3. The molecule has 0 aliphatic heterocycles. The van der Waals surface area contributed by atoms with E-state index in [0.29, 0.717) is 24.8 Å². The molecule has 4 aliphatic carbocycles. The van der Waals surface area contributed by atoms with E-state index in [1.807, 2.05) is 0 Å². The molecular weight excluding hydrogens is 430 g/mol. The van der Waals surface area contributed by atoms with Gasteiger partial charge in [-0.1, -0.05) is 18.6 Å². The summed E-state index contributed by atoms with van der Waals surface area (Å²) >= 11 is 0. The second-order valence-corrected chi connectivity index (χ2v) is 11.1. The van der Waals surface area contributed by atoms with Gasteiger partial charge in [-0.3, -0.25) is 14.1 Å². The predicted molar refractivity (Wildman–Crippen MR) is 106 cm³/mol. The number of carbonyl (C=O) groups excluding carboxylic acids is 2. The number of halogens is 1. The summed E-state index contributed by atoms with van der Waals surface area (Å²) in [6, 6.07) is 0. The molecule has 0 heterocycles. The van der Waals surface area contributed by atoms with E-state index < -0.39 is 60.3 Å². The first-order valence-corrected chi connectivity index (χ1v) is 12.0. The number of Topliss-reactive ketones (excluding diaryl/α,β-unsaturated/α-hetero) is 1. The molecule has 0 aromatic carbocycles. The van der Waals surface area contributed by atoms with Gasteiger partial charge in [-0.15, -0.1) is 0 Å². The Morgan fingerprint density at radius 1 is 1.29 bits per heavy atom. The minimum atomic E-state index is -4.91. The molecule has 3 unspecified atom stereocenters. The molecule has 0 aromatic heterocycles. The molecule has 0 aromatic rings. The Kier molecular flexibility index (Phi) is 5.10. The number of phosphoric ester groups is 1. The molecule has 0 amide bonds. The van der Waals surface area contributed by atoms with E-state index in [0.717, 1.165) is 0 Å². The maximum atomic E-state index is 16.9. The van der Waals surface area contributed by atoms with E-state index in [-0.39, 0.29) is 18.6 Å². The Bertz CT molecular complexity index is 942. The molecule has 4 N–H and O–H groups in total. The quantitative estimate of drug-likeness (QED) is 0.467. The molecule has 4 aliphatic rings. The number of allylic oxidation sites excluding steroid dienone is 4. The van der Waals surface area contributed by atoms with Gasteiger partial charge in [0, 0.05) is 16.7 Å². The van der Waals surface area contributed by atoms with Crippen molar-refractivity contribution in [2.45, 2.75) is 63.3 Å². The summed E-state index contributed by atoms with van der Waals surface area (Å²) < 4.78 is 32.2. The van der Waals surface area contributed by atoms with Crippen molar-refractivity contribution >= 4 is 19.4 Å². The van der Waals surface area contributed by atoms with Crippen LogP contribution in [0.2, 0.25) is 0 Å². The van der Waals surface area contributed by atoms with Gasteiger partial charge in [0.05, 0.1) is 6.10 Å². The number of alkyl halides is 1. The maximum Gasteiger partial charge on any atom is 0.470 e. The van der Waals surface area contributed by atoms with Gasteiger partial charge in [0.15, 0.2) is 17.2 Å². The third-order valence-electron chi connectivity index (χ3n) is 8.62. The van der Waals surface area contributed by atoms with Crippen LogP contribution in [0.15, 0.2) is 23.8 Å². The van der Waals surface area contributed by atoms with Crippen LogP contribution in [0.25, 0.3) is 0 Å². The Morgan fingerprint density at radius 3 is 2.61 bits per heavy atom. The van der Waals surface area contributed by atoms with Crippen molar-refractivity contribution in [3.8, 4) is 0 Å². The summed E-state index contributed by atoms with van der Waals surface area (Å²) in [5.74, 6) is -2.19. The number of hydrogen-bond donors (Lipinski definition) is 4. The molecule has 3 fully saturated rings. The fraction of sp³-hybridized carbons (Fsp3) is 0.714. The molecule has 7 atom stereocenters. The molecule has 172 valence electrons. The highest BCUT2D eigenvalue weighted by atomic mass is 31.2. The monoisotopic (exact) mass is 458 g/mol. The number of aliphatic hydroxyl groups excluding tert-OH is 1. The van der Waals surface area contributed by atoms with Gasteiger partial charge in [-0.25, -0.2) is 8.96 Å². The van der Waals surface area contributed by atoms with Crippen molar-refractivity contribution in [1.29, 1.82) is 0 Å². The Balaban J connectivity index is 1.70. The zero-order chi connectivity index (χ0) is 23.0. The van der Waals surface area contributed by atoms with E-state index in [4.69, 9.17) is 9.79 Å². The van der Waals surface area contributed by atoms with Crippen LogP contribution in [0.3, 0.4) is 0 Å². The smallest absolute Gasteiger partial charge is 0.390 e. The number of hydrogen-bond acceptors (Lipinski definition) is 6. The molecule has 4 rings (SSSR count). The van der Waals surface area contributed by atoms with Crippen molar-refractivity contribution in [3.05, 3.63) is 23.8 Å². The summed E-state index contributed by atoms with van der Waals surface area (Å²) in [5.41, 5.74) is -5.78. The van der Waals surface area contributed by atoms with Crippen LogP contribution < -0.4 is 0 Å². The van der Waals surface area contributed by atoms with E-state index >= 15 is 4.39 Å². The van der Waals surface area contributed by atoms with Gasteiger partial charge < -0.3 is 20.0 Å². The topological polar surface area (TPSA) is 141 Å². The lowest BCUT2D eigenvalue weighted by atomic mass is 9.44. The van der Waals surface area contributed by atoms with E-state index in [9.17, 15) is 24.4 Å². The first kappa shape index (κ1) is 23.0. The van der Waals surface area contributed by atoms with E-state index in [2.05, 4.69) is 4.52 Å². The minimum Gasteiger partial charge on any atom is -0.390 e. The first-order chi connectivity index (χ1) is 14.2. The zero-order valence-electron chi connectivity index (χ0n) is 17.5. The number of fused-ring (bicyclic) bond motifs is 5. The van der Waals surface area contributed by atoms with Gasteiger partial charge in [0.25, 0.3) is 0 Å². The predicted octanol–water partition coefficient (Wildman–Crippen LogP) is 1.77. The molecule has 0 saturated heterocycles. The maximum absolute atomic E-state index is 16.9. The lowest BCUT2D eigenvalue weighted by Crippen LogP contribution is -2.69. The fourth-order valence-electron chi connectivity index (χ4n) is 6.94. The average Bonchev–Trinajstić information content (AvgIpc) is 2.93. The lowest BCUT2D eigenvalue weighted by Gasteiger charge is -2.62. The minimum absolute atomic E-state index is 0.00937. The van der Waals surface area contributed by atoms with Gasteiger partial charge in [0.1, 0.15) is 12.2 Å². The van der Waals surface area contributed by atoms with Crippen LogP contribution in [0.5, 0.6) is 0 Å². The van der Waals surface area contributed by atoms with E-state index in [1.165, 1.54) is 18.2 Å². The van der Waals surface area contributed by atoms with Gasteiger partial charge >= 0.3 is 7.82 Å². The van der Waals surface area contributed by atoms with Gasteiger partial charge in [0.2, 0.25) is 0 Å². The summed E-state index contributed by atoms with van der Waals surface area (Å²) in [4.78, 5) is 42.5. The number of carbonyl (C=O) groups is 2. The number of rotatable bonds is 4. The summed E-state index contributed by atoms with van der Waals surface area (Å²) in [6.45, 7) is 2.34. The van der Waals surface area contributed by atoms with Crippen LogP contribution in [-0.4, -0.2) is 55.5 Å². The van der Waals surface area contributed by atoms with Crippen LogP contribution in [0.1, 0.15) is 46.0 Å². The third kappa shape index (κ3) is 3.01. The Hall–Kier alpha value is -1.22. The van der Waals surface area contributed by atoms with Crippen molar-refractivity contribution in [2.75, 3.05) is 6.61 Å². The number of ketones is 2. The second-order valence-electron chi connectivity index (χ2n) is 9.85. The molecule has 8 nitrogen and oxygen atoms in total. The highest BCUT2D eigenvalue weighted by Crippen LogP contribution is 2.69. The van der Waals surface area contributed by atoms with Gasteiger partial charge in [-0.05, 0) is 57.1 Å². The average molecular weight is 458 g/mol. The first-order valence-electron chi connectivity index (χ1n) is 10.5. The van der Waals surface area contributed by atoms with Crippen molar-refractivity contribution in [3.63, 3.8) is 0 Å². The lowest BCUT2D eigenvalue weighted by molar-refractivity contribution is -0.217. The molecule has 0 radical (unpaired) electrons. The summed E-state index contributed by atoms with van der Waals surface area (Å²) in [7, 11) is -4.91. The van der Waals surface area contributed by atoms with Crippen molar-refractivity contribution < 1.29 is 43.1 Å². The summed E-state index contributed by atoms with van der Waals surface area (Å²) in [6.07, 6.45) is 3.73. The van der Waals surface area contributed by atoms with Crippen LogP contribution in [-0.2, 0) is 18.7 Å². The molecule has 3 saturated carbocycles. The molecule has 0 spiro atoms. The molecule has 10 heteroatoms. The number of aliphatic hydroxyl groups is 2. The van der Waals surface area contributed by atoms with Crippen LogP contribution >= 0.6 is 7.82 Å². The Labute approximate surface area is 179 Å². The van der Waals surface area contributed by atoms with Crippen molar-refractivity contribution in [2.24, 2.45) is 22.7 Å². The van der Waals surface area contributed by atoms with Crippen LogP contribution in [0.4, 0.5) is 4.39 Å². The SMILES string of the molecule is C[C@]12C=CC(=O)C=C1CCC1C3CC[C@](O)(C(=O)COP(=O)(O)O)[C@@]3(C)C[C@H](O)C12F. The van der Waals surface area contributed by atoms with Gasteiger partial charge in [-0.2, -0.15) is 0 Å². The highest BCUT2D eigenvalue weighted by molar-refractivity contribution is 7.46. The van der Waals surface area contributed by atoms with E-state index in [1.54, 1.807) is 13.8 Å². The normalized spacial score (nSPS) is 46.7. The fourth-order valence-corrected chi connectivity index (χ4v) is 7.22. The second kappa shape index (κ2) is 6.89. The largest absolute Gasteiger partial charge is 0.470 e. The molecule has 31 heavy (non-hydrogen) atoms. The Morgan fingerprint density at radius 2 is 1.97 bits per heavy atom. The van der Waals surface area contributed by atoms with Crippen molar-refractivity contribution in [1.82, 2.24) is 0 Å². The standard InChI is InChI=1S/C21H28FO8P/c1-18-7-5-13(23)9-12(18)3-4-15-14-6-8-20(26,17(25)11-30-31(27,28)29)19(14,2)10-16(24)21(15,18)22/h5,7,9,14-16,24,26H,3-4,6,8,10-11H2,1-2H3,(H2,27,28,29)/t14?,15?,16-,18-,19-,20-,21?/m0/s1.